The summed E-state index contributed by atoms with van der Waals surface area (Å²) in [4.78, 5) is 0. The van der Waals surface area contributed by atoms with Gasteiger partial charge in [-0.1, -0.05) is 23.7 Å². The van der Waals surface area contributed by atoms with Crippen molar-refractivity contribution in [1.29, 1.82) is 0 Å². The Balaban J connectivity index is 2.14. The van der Waals surface area contributed by atoms with E-state index in [1.54, 1.807) is 4.68 Å². The second-order valence-electron chi connectivity index (χ2n) is 4.21. The third-order valence-corrected chi connectivity index (χ3v) is 3.16. The zero-order chi connectivity index (χ0) is 12.4. The Hall–Kier alpha value is -1.32. The highest BCUT2D eigenvalue weighted by Crippen LogP contribution is 2.22. The minimum absolute atomic E-state index is 0.516. The lowest BCUT2D eigenvalue weighted by Crippen LogP contribution is -2.03. The molecule has 0 saturated heterocycles. The summed E-state index contributed by atoms with van der Waals surface area (Å²) in [6.45, 7) is 1.93. The van der Waals surface area contributed by atoms with E-state index in [0.29, 0.717) is 6.42 Å². The van der Waals surface area contributed by atoms with E-state index in [1.165, 1.54) is 0 Å². The summed E-state index contributed by atoms with van der Waals surface area (Å²) < 4.78 is 1.73. The van der Waals surface area contributed by atoms with Crippen molar-refractivity contribution in [2.75, 3.05) is 0 Å². The minimum atomic E-state index is -0.541. The molecular formula is C13H15ClN2O. The normalized spacial score (nSPS) is 12.7. The summed E-state index contributed by atoms with van der Waals surface area (Å²) in [5, 5.41) is 15.1. The van der Waals surface area contributed by atoms with E-state index in [4.69, 9.17) is 11.6 Å². The summed E-state index contributed by atoms with van der Waals surface area (Å²) >= 11 is 5.95. The van der Waals surface area contributed by atoms with Crippen LogP contribution in [-0.4, -0.2) is 14.9 Å². The molecule has 17 heavy (non-hydrogen) atoms. The van der Waals surface area contributed by atoms with Crippen molar-refractivity contribution in [1.82, 2.24) is 9.78 Å². The molecule has 1 atom stereocenters. The summed E-state index contributed by atoms with van der Waals surface area (Å²) in [5.41, 5.74) is 2.73. The third-order valence-electron chi connectivity index (χ3n) is 2.74. The average molecular weight is 251 g/mol. The van der Waals surface area contributed by atoms with Crippen molar-refractivity contribution >= 4 is 11.6 Å². The number of hydrogen-bond donors (Lipinski definition) is 1. The van der Waals surface area contributed by atoms with Crippen LogP contribution in [0.5, 0.6) is 0 Å². The first kappa shape index (κ1) is 12.1. The van der Waals surface area contributed by atoms with Gasteiger partial charge in [-0.2, -0.15) is 5.10 Å². The molecule has 0 aliphatic carbocycles. The topological polar surface area (TPSA) is 38.0 Å². The molecule has 3 nitrogen and oxygen atoms in total. The number of rotatable bonds is 3. The molecule has 1 N–H and O–H groups in total. The van der Waals surface area contributed by atoms with Crippen LogP contribution < -0.4 is 0 Å². The van der Waals surface area contributed by atoms with E-state index >= 15 is 0 Å². The summed E-state index contributed by atoms with van der Waals surface area (Å²) in [5.74, 6) is 0. The van der Waals surface area contributed by atoms with Gasteiger partial charge in [-0.25, -0.2) is 0 Å². The van der Waals surface area contributed by atoms with Gasteiger partial charge in [0.15, 0.2) is 0 Å². The Morgan fingerprint density at radius 3 is 2.76 bits per heavy atom. The van der Waals surface area contributed by atoms with Crippen LogP contribution in [0.4, 0.5) is 0 Å². The molecule has 4 heteroatoms. The fourth-order valence-corrected chi connectivity index (χ4v) is 1.88. The molecule has 1 aromatic heterocycles. The first-order valence-electron chi connectivity index (χ1n) is 5.49. The number of aliphatic hydroxyl groups is 1. The van der Waals surface area contributed by atoms with E-state index < -0.39 is 6.10 Å². The fourth-order valence-electron chi connectivity index (χ4n) is 1.76. The molecule has 1 aromatic carbocycles. The van der Waals surface area contributed by atoms with Crippen LogP contribution >= 0.6 is 11.6 Å². The van der Waals surface area contributed by atoms with Gasteiger partial charge in [0.2, 0.25) is 0 Å². The maximum atomic E-state index is 10.1. The quantitative estimate of drug-likeness (QED) is 0.910. The largest absolute Gasteiger partial charge is 0.388 e. The van der Waals surface area contributed by atoms with Crippen LogP contribution in [0.1, 0.15) is 22.9 Å². The van der Waals surface area contributed by atoms with Gasteiger partial charge < -0.3 is 5.11 Å². The lowest BCUT2D eigenvalue weighted by molar-refractivity contribution is 0.177. The van der Waals surface area contributed by atoms with Crippen molar-refractivity contribution in [2.45, 2.75) is 19.4 Å². The van der Waals surface area contributed by atoms with Crippen LogP contribution in [0, 0.1) is 6.92 Å². The van der Waals surface area contributed by atoms with E-state index in [2.05, 4.69) is 5.10 Å². The average Bonchev–Trinajstić information content (AvgIpc) is 2.68. The Morgan fingerprint density at radius 2 is 2.18 bits per heavy atom. The lowest BCUT2D eigenvalue weighted by atomic mass is 10.0. The van der Waals surface area contributed by atoms with Gasteiger partial charge in [-0.15, -0.1) is 0 Å². The summed E-state index contributed by atoms with van der Waals surface area (Å²) in [6.07, 6.45) is 1.85. The van der Waals surface area contributed by atoms with Crippen LogP contribution in [0.2, 0.25) is 5.02 Å². The van der Waals surface area contributed by atoms with Crippen molar-refractivity contribution in [3.8, 4) is 0 Å². The molecule has 0 aliphatic heterocycles. The second-order valence-corrected chi connectivity index (χ2v) is 4.62. The maximum Gasteiger partial charge on any atom is 0.0846 e. The van der Waals surface area contributed by atoms with E-state index in [9.17, 15) is 5.11 Å². The van der Waals surface area contributed by atoms with E-state index in [1.807, 2.05) is 44.4 Å². The van der Waals surface area contributed by atoms with Crippen molar-refractivity contribution in [2.24, 2.45) is 7.05 Å². The minimum Gasteiger partial charge on any atom is -0.388 e. The molecule has 2 rings (SSSR count). The molecule has 0 radical (unpaired) electrons. The fraction of sp³-hybridized carbons (Fsp3) is 0.308. The Morgan fingerprint density at radius 1 is 1.41 bits per heavy atom. The highest BCUT2D eigenvalue weighted by atomic mass is 35.5. The molecular weight excluding hydrogens is 236 g/mol. The number of nitrogens with zero attached hydrogens (tertiary/aromatic N) is 2. The van der Waals surface area contributed by atoms with Crippen LogP contribution in [-0.2, 0) is 13.5 Å². The van der Waals surface area contributed by atoms with Crippen LogP contribution in [0.15, 0.2) is 30.5 Å². The monoisotopic (exact) mass is 250 g/mol. The first-order valence-corrected chi connectivity index (χ1v) is 5.86. The predicted octanol–water partition coefficient (Wildman–Crippen LogP) is 2.66. The molecule has 0 amide bonds. The number of halogens is 1. The molecule has 2 aromatic rings. The highest BCUT2D eigenvalue weighted by molar-refractivity contribution is 6.31. The lowest BCUT2D eigenvalue weighted by Gasteiger charge is -2.10. The SMILES string of the molecule is Cc1cc(C(O)Cc2ccn(C)n2)ccc1Cl. The molecule has 90 valence electrons. The zero-order valence-electron chi connectivity index (χ0n) is 9.89. The molecule has 0 bridgehead atoms. The van der Waals surface area contributed by atoms with Crippen molar-refractivity contribution in [3.05, 3.63) is 52.3 Å². The first-order chi connectivity index (χ1) is 8.06. The van der Waals surface area contributed by atoms with E-state index in [-0.39, 0.29) is 0 Å². The number of aliphatic hydroxyl groups excluding tert-OH is 1. The van der Waals surface area contributed by atoms with E-state index in [0.717, 1.165) is 21.8 Å². The van der Waals surface area contributed by atoms with Gasteiger partial charge in [0.05, 0.1) is 11.8 Å². The highest BCUT2D eigenvalue weighted by Gasteiger charge is 2.11. The molecule has 0 spiro atoms. The van der Waals surface area contributed by atoms with Crippen molar-refractivity contribution in [3.63, 3.8) is 0 Å². The van der Waals surface area contributed by atoms with Gasteiger partial charge in [0.25, 0.3) is 0 Å². The molecule has 1 heterocycles. The van der Waals surface area contributed by atoms with Crippen LogP contribution in [0.3, 0.4) is 0 Å². The number of benzene rings is 1. The zero-order valence-corrected chi connectivity index (χ0v) is 10.6. The molecule has 1 unspecified atom stereocenters. The standard InChI is InChI=1S/C13H15ClN2O/c1-9-7-10(3-4-12(9)14)13(17)8-11-5-6-16(2)15-11/h3-7,13,17H,8H2,1-2H3. The molecule has 0 fully saturated rings. The number of hydrogen-bond acceptors (Lipinski definition) is 2. The Kier molecular flexibility index (Phi) is 3.50. The van der Waals surface area contributed by atoms with Crippen molar-refractivity contribution < 1.29 is 5.11 Å². The maximum absolute atomic E-state index is 10.1. The summed E-state index contributed by atoms with van der Waals surface area (Å²) in [6, 6.07) is 7.48. The van der Waals surface area contributed by atoms with Gasteiger partial charge in [0.1, 0.15) is 0 Å². The van der Waals surface area contributed by atoms with Gasteiger partial charge in [-0.3, -0.25) is 4.68 Å². The molecule has 0 aliphatic rings. The van der Waals surface area contributed by atoms with Gasteiger partial charge in [0, 0.05) is 24.7 Å². The van der Waals surface area contributed by atoms with Crippen LogP contribution in [0.25, 0.3) is 0 Å². The van der Waals surface area contributed by atoms with Gasteiger partial charge in [-0.05, 0) is 30.2 Å². The number of aromatic nitrogens is 2. The summed E-state index contributed by atoms with van der Waals surface area (Å²) in [7, 11) is 1.86. The third kappa shape index (κ3) is 2.87. The number of aryl methyl sites for hydroxylation is 2. The van der Waals surface area contributed by atoms with Gasteiger partial charge >= 0.3 is 0 Å². The predicted molar refractivity (Wildman–Crippen MR) is 68.1 cm³/mol. The Bertz CT molecular complexity index is 522. The smallest absolute Gasteiger partial charge is 0.0846 e. The second kappa shape index (κ2) is 4.90. The Labute approximate surface area is 106 Å². The molecule has 0 saturated carbocycles.